The molecule has 106 valence electrons. The van der Waals surface area contributed by atoms with Crippen LogP contribution in [0, 0.1) is 6.92 Å². The molecule has 0 fully saturated rings. The molecule has 0 amide bonds. The van der Waals surface area contributed by atoms with Crippen molar-refractivity contribution in [3.8, 4) is 0 Å². The second-order valence-electron chi connectivity index (χ2n) is 5.22. The second kappa shape index (κ2) is 7.47. The molecule has 0 aromatic heterocycles. The zero-order chi connectivity index (χ0) is 14.4. The highest BCUT2D eigenvalue weighted by atomic mass is 35.5. The van der Waals surface area contributed by atoms with Crippen LogP contribution in [0.15, 0.2) is 48.5 Å². The Morgan fingerprint density at radius 2 is 1.70 bits per heavy atom. The summed E-state index contributed by atoms with van der Waals surface area (Å²) in [5.41, 5.74) is 4.12. The molecule has 2 aromatic carbocycles. The number of rotatable bonds is 6. The molecule has 20 heavy (non-hydrogen) atoms. The molecular weight excluding hydrogens is 266 g/mol. The Balaban J connectivity index is 2.07. The number of likely N-dealkylation sites (N-methyl/N-ethyl adjacent to an activating group) is 1. The molecule has 0 saturated heterocycles. The maximum absolute atomic E-state index is 5.94. The Morgan fingerprint density at radius 1 is 1.00 bits per heavy atom. The van der Waals surface area contributed by atoms with Crippen LogP contribution in [-0.4, -0.2) is 12.6 Å². The van der Waals surface area contributed by atoms with Gasteiger partial charge in [0.2, 0.25) is 0 Å². The van der Waals surface area contributed by atoms with Gasteiger partial charge < -0.3 is 5.32 Å². The second-order valence-corrected chi connectivity index (χ2v) is 5.65. The molecule has 2 aromatic rings. The molecule has 2 heteroatoms. The minimum absolute atomic E-state index is 0.460. The van der Waals surface area contributed by atoms with Crippen molar-refractivity contribution in [1.82, 2.24) is 5.32 Å². The summed E-state index contributed by atoms with van der Waals surface area (Å²) in [5, 5.41) is 4.39. The van der Waals surface area contributed by atoms with E-state index in [4.69, 9.17) is 11.6 Å². The summed E-state index contributed by atoms with van der Waals surface area (Å²) >= 11 is 5.94. The quantitative estimate of drug-likeness (QED) is 0.830. The molecular formula is C18H22ClN. The predicted molar refractivity (Wildman–Crippen MR) is 87.5 cm³/mol. The number of aryl methyl sites for hydroxylation is 1. The molecule has 2 rings (SSSR count). The molecule has 0 aliphatic carbocycles. The van der Waals surface area contributed by atoms with E-state index in [1.807, 2.05) is 12.1 Å². The van der Waals surface area contributed by atoms with Crippen molar-refractivity contribution in [3.05, 3.63) is 70.2 Å². The fourth-order valence-corrected chi connectivity index (χ4v) is 2.64. The van der Waals surface area contributed by atoms with Gasteiger partial charge in [-0.2, -0.15) is 0 Å². The molecule has 0 bridgehead atoms. The molecule has 1 unspecified atom stereocenters. The fraction of sp³-hybridized carbons (Fsp3) is 0.333. The van der Waals surface area contributed by atoms with Gasteiger partial charge in [0.25, 0.3) is 0 Å². The van der Waals surface area contributed by atoms with E-state index in [1.165, 1.54) is 16.7 Å². The van der Waals surface area contributed by atoms with Crippen LogP contribution in [0.25, 0.3) is 0 Å². The van der Waals surface area contributed by atoms with E-state index in [0.29, 0.717) is 6.04 Å². The lowest BCUT2D eigenvalue weighted by molar-refractivity contribution is 0.520. The largest absolute Gasteiger partial charge is 0.314 e. The first-order valence-electron chi connectivity index (χ1n) is 7.21. The molecule has 0 spiro atoms. The van der Waals surface area contributed by atoms with Crippen LogP contribution in [0.1, 0.15) is 23.6 Å². The third-order valence-corrected chi connectivity index (χ3v) is 3.87. The summed E-state index contributed by atoms with van der Waals surface area (Å²) in [6.07, 6.45) is 2.09. The Labute approximate surface area is 127 Å². The highest BCUT2D eigenvalue weighted by Crippen LogP contribution is 2.15. The maximum Gasteiger partial charge on any atom is 0.0406 e. The number of hydrogen-bond acceptors (Lipinski definition) is 1. The number of halogens is 1. The van der Waals surface area contributed by atoms with Gasteiger partial charge in [-0.25, -0.2) is 0 Å². The predicted octanol–water partition coefficient (Wildman–Crippen LogP) is 4.41. The lowest BCUT2D eigenvalue weighted by Gasteiger charge is -2.19. The lowest BCUT2D eigenvalue weighted by Crippen LogP contribution is -2.33. The zero-order valence-corrected chi connectivity index (χ0v) is 13.0. The summed E-state index contributed by atoms with van der Waals surface area (Å²) in [6, 6.07) is 17.2. The number of hydrogen-bond donors (Lipinski definition) is 1. The van der Waals surface area contributed by atoms with Crippen molar-refractivity contribution < 1.29 is 0 Å². The van der Waals surface area contributed by atoms with Crippen LogP contribution >= 0.6 is 11.6 Å². The lowest BCUT2D eigenvalue weighted by atomic mass is 9.96. The summed E-state index contributed by atoms with van der Waals surface area (Å²) < 4.78 is 0. The van der Waals surface area contributed by atoms with E-state index in [1.54, 1.807) is 0 Å². The van der Waals surface area contributed by atoms with E-state index in [2.05, 4.69) is 55.6 Å². The first-order chi connectivity index (χ1) is 9.69. The van der Waals surface area contributed by atoms with E-state index >= 15 is 0 Å². The topological polar surface area (TPSA) is 12.0 Å². The standard InChI is InChI=1S/C18H22ClN/c1-3-20-18(12-15-8-10-17(19)11-9-15)13-16-7-5-4-6-14(16)2/h4-11,18,20H,3,12-13H2,1-2H3. The van der Waals surface area contributed by atoms with Gasteiger partial charge >= 0.3 is 0 Å². The summed E-state index contributed by atoms with van der Waals surface area (Å²) in [5.74, 6) is 0. The Morgan fingerprint density at radius 3 is 2.35 bits per heavy atom. The maximum atomic E-state index is 5.94. The summed E-state index contributed by atoms with van der Waals surface area (Å²) in [6.45, 7) is 5.33. The first kappa shape index (κ1) is 15.1. The van der Waals surface area contributed by atoms with Crippen LogP contribution in [0.2, 0.25) is 5.02 Å². The van der Waals surface area contributed by atoms with E-state index < -0.39 is 0 Å². The van der Waals surface area contributed by atoms with Crippen molar-refractivity contribution >= 4 is 11.6 Å². The van der Waals surface area contributed by atoms with Gasteiger partial charge in [0.1, 0.15) is 0 Å². The third-order valence-electron chi connectivity index (χ3n) is 3.62. The van der Waals surface area contributed by atoms with Crippen molar-refractivity contribution in [3.63, 3.8) is 0 Å². The minimum Gasteiger partial charge on any atom is -0.314 e. The van der Waals surface area contributed by atoms with E-state index in [-0.39, 0.29) is 0 Å². The molecule has 1 atom stereocenters. The van der Waals surface area contributed by atoms with Gasteiger partial charge in [-0.1, -0.05) is 54.9 Å². The Bertz CT molecular complexity index is 533. The molecule has 0 saturated carbocycles. The average molecular weight is 288 g/mol. The van der Waals surface area contributed by atoms with Crippen molar-refractivity contribution in [1.29, 1.82) is 0 Å². The molecule has 0 radical (unpaired) electrons. The number of benzene rings is 2. The smallest absolute Gasteiger partial charge is 0.0406 e. The van der Waals surface area contributed by atoms with Gasteiger partial charge in [-0.15, -0.1) is 0 Å². The van der Waals surface area contributed by atoms with Gasteiger partial charge in [-0.3, -0.25) is 0 Å². The Kier molecular flexibility index (Phi) is 5.63. The van der Waals surface area contributed by atoms with Gasteiger partial charge in [0.05, 0.1) is 0 Å². The third kappa shape index (κ3) is 4.36. The fourth-order valence-electron chi connectivity index (χ4n) is 2.51. The van der Waals surface area contributed by atoms with Crippen LogP contribution in [0.5, 0.6) is 0 Å². The minimum atomic E-state index is 0.460. The van der Waals surface area contributed by atoms with Gasteiger partial charge in [0.15, 0.2) is 0 Å². The molecule has 1 nitrogen and oxygen atoms in total. The molecule has 1 N–H and O–H groups in total. The monoisotopic (exact) mass is 287 g/mol. The van der Waals surface area contributed by atoms with Gasteiger partial charge in [0, 0.05) is 11.1 Å². The summed E-state index contributed by atoms with van der Waals surface area (Å²) in [4.78, 5) is 0. The number of nitrogens with one attached hydrogen (secondary N) is 1. The van der Waals surface area contributed by atoms with Crippen LogP contribution < -0.4 is 5.32 Å². The van der Waals surface area contributed by atoms with Crippen molar-refractivity contribution in [2.45, 2.75) is 32.7 Å². The zero-order valence-electron chi connectivity index (χ0n) is 12.2. The molecule has 0 heterocycles. The average Bonchev–Trinajstić information content (AvgIpc) is 2.44. The molecule has 0 aliphatic heterocycles. The van der Waals surface area contributed by atoms with E-state index in [0.717, 1.165) is 24.4 Å². The normalized spacial score (nSPS) is 12.3. The molecule has 0 aliphatic rings. The highest BCUT2D eigenvalue weighted by Gasteiger charge is 2.10. The van der Waals surface area contributed by atoms with Crippen molar-refractivity contribution in [2.75, 3.05) is 6.54 Å². The van der Waals surface area contributed by atoms with Gasteiger partial charge in [-0.05, 0) is 55.1 Å². The van der Waals surface area contributed by atoms with Crippen LogP contribution in [-0.2, 0) is 12.8 Å². The van der Waals surface area contributed by atoms with Crippen molar-refractivity contribution in [2.24, 2.45) is 0 Å². The summed E-state index contributed by atoms with van der Waals surface area (Å²) in [7, 11) is 0. The van der Waals surface area contributed by atoms with E-state index in [9.17, 15) is 0 Å². The van der Waals surface area contributed by atoms with Crippen LogP contribution in [0.3, 0.4) is 0 Å². The Hall–Kier alpha value is -1.31. The highest BCUT2D eigenvalue weighted by molar-refractivity contribution is 6.30. The first-order valence-corrected chi connectivity index (χ1v) is 7.59. The SMILES string of the molecule is CCNC(Cc1ccc(Cl)cc1)Cc1ccccc1C. The van der Waals surface area contributed by atoms with Crippen LogP contribution in [0.4, 0.5) is 0 Å².